The van der Waals surface area contributed by atoms with Crippen LogP contribution in [0.5, 0.6) is 0 Å². The Morgan fingerprint density at radius 2 is 1.86 bits per heavy atom. The predicted molar refractivity (Wildman–Crippen MR) is 62.2 cm³/mol. The Labute approximate surface area is 86.7 Å². The lowest BCUT2D eigenvalue weighted by Crippen LogP contribution is -2.22. The zero-order valence-corrected chi connectivity index (χ0v) is 9.38. The van der Waals surface area contributed by atoms with E-state index in [1.165, 1.54) is 11.1 Å². The first-order valence-corrected chi connectivity index (χ1v) is 5.24. The van der Waals surface area contributed by atoms with Gasteiger partial charge in [-0.3, -0.25) is 4.90 Å². The normalized spacial score (nSPS) is 10.9. The van der Waals surface area contributed by atoms with Crippen molar-refractivity contribution in [1.82, 2.24) is 4.90 Å². The van der Waals surface area contributed by atoms with Crippen LogP contribution in [0.25, 0.3) is 0 Å². The number of hydrogen-bond donors (Lipinski definition) is 1. The van der Waals surface area contributed by atoms with E-state index in [-0.39, 0.29) is 0 Å². The molecule has 0 radical (unpaired) electrons. The second kappa shape index (κ2) is 5.01. The largest absolute Gasteiger partial charge is 0.398 e. The molecule has 0 fully saturated rings. The van der Waals surface area contributed by atoms with Crippen LogP contribution >= 0.6 is 0 Å². The van der Waals surface area contributed by atoms with E-state index in [2.05, 4.69) is 37.8 Å². The Kier molecular flexibility index (Phi) is 3.96. The van der Waals surface area contributed by atoms with E-state index in [1.54, 1.807) is 0 Å². The monoisotopic (exact) mass is 192 g/mol. The Morgan fingerprint density at radius 3 is 2.36 bits per heavy atom. The number of benzene rings is 1. The quantitative estimate of drug-likeness (QED) is 0.742. The number of aryl methyl sites for hydroxylation is 1. The molecule has 1 rings (SSSR count). The average molecular weight is 192 g/mol. The number of rotatable bonds is 4. The molecule has 0 aromatic heterocycles. The highest BCUT2D eigenvalue weighted by Gasteiger charge is 2.03. The van der Waals surface area contributed by atoms with Crippen LogP contribution < -0.4 is 5.73 Å². The van der Waals surface area contributed by atoms with Gasteiger partial charge in [-0.15, -0.1) is 0 Å². The molecular formula is C12H20N2. The minimum atomic E-state index is 0.914. The zero-order valence-electron chi connectivity index (χ0n) is 9.38. The second-order valence-corrected chi connectivity index (χ2v) is 3.66. The first-order valence-electron chi connectivity index (χ1n) is 5.24. The number of hydrogen-bond acceptors (Lipinski definition) is 2. The van der Waals surface area contributed by atoms with Crippen LogP contribution in [0.2, 0.25) is 0 Å². The van der Waals surface area contributed by atoms with Gasteiger partial charge >= 0.3 is 0 Å². The van der Waals surface area contributed by atoms with Crippen molar-refractivity contribution in [3.05, 3.63) is 29.3 Å². The maximum atomic E-state index is 5.95. The molecule has 78 valence electrons. The standard InChI is InChI=1S/C12H20N2/c1-4-14(5-2)9-11-7-6-10(3)8-12(11)13/h6-8H,4-5,9,13H2,1-3H3. The van der Waals surface area contributed by atoms with Gasteiger partial charge in [0.2, 0.25) is 0 Å². The van der Waals surface area contributed by atoms with Crippen LogP contribution in [0.3, 0.4) is 0 Å². The topological polar surface area (TPSA) is 29.3 Å². The van der Waals surface area contributed by atoms with Crippen molar-refractivity contribution < 1.29 is 0 Å². The molecule has 1 aromatic rings. The Balaban J connectivity index is 2.76. The molecule has 0 heterocycles. The van der Waals surface area contributed by atoms with Gasteiger partial charge in [-0.25, -0.2) is 0 Å². The van der Waals surface area contributed by atoms with Gasteiger partial charge in [-0.05, 0) is 37.2 Å². The van der Waals surface area contributed by atoms with Crippen LogP contribution in [0.4, 0.5) is 5.69 Å². The Hall–Kier alpha value is -1.02. The zero-order chi connectivity index (χ0) is 10.6. The molecule has 0 aliphatic rings. The van der Waals surface area contributed by atoms with E-state index in [0.717, 1.165) is 25.3 Å². The lowest BCUT2D eigenvalue weighted by atomic mass is 10.1. The molecule has 0 spiro atoms. The fraction of sp³-hybridized carbons (Fsp3) is 0.500. The van der Waals surface area contributed by atoms with Gasteiger partial charge in [0.1, 0.15) is 0 Å². The lowest BCUT2D eigenvalue weighted by molar-refractivity contribution is 0.296. The van der Waals surface area contributed by atoms with Gasteiger partial charge in [0, 0.05) is 12.2 Å². The minimum Gasteiger partial charge on any atom is -0.398 e. The first-order chi connectivity index (χ1) is 6.67. The third kappa shape index (κ3) is 2.74. The van der Waals surface area contributed by atoms with Crippen molar-refractivity contribution in [3.8, 4) is 0 Å². The van der Waals surface area contributed by atoms with Crippen molar-refractivity contribution in [1.29, 1.82) is 0 Å². The lowest BCUT2D eigenvalue weighted by Gasteiger charge is -2.19. The molecule has 0 aliphatic heterocycles. The van der Waals surface area contributed by atoms with Crippen molar-refractivity contribution in [2.45, 2.75) is 27.3 Å². The van der Waals surface area contributed by atoms with Gasteiger partial charge in [0.25, 0.3) is 0 Å². The van der Waals surface area contributed by atoms with E-state index in [4.69, 9.17) is 5.73 Å². The van der Waals surface area contributed by atoms with Crippen molar-refractivity contribution in [2.75, 3.05) is 18.8 Å². The molecule has 0 atom stereocenters. The highest BCUT2D eigenvalue weighted by Crippen LogP contribution is 2.15. The summed E-state index contributed by atoms with van der Waals surface area (Å²) in [7, 11) is 0. The van der Waals surface area contributed by atoms with Crippen LogP contribution in [-0.4, -0.2) is 18.0 Å². The van der Waals surface area contributed by atoms with Crippen LogP contribution in [0.15, 0.2) is 18.2 Å². The Bertz CT molecular complexity index is 290. The second-order valence-electron chi connectivity index (χ2n) is 3.66. The van der Waals surface area contributed by atoms with E-state index in [9.17, 15) is 0 Å². The summed E-state index contributed by atoms with van der Waals surface area (Å²) in [6.07, 6.45) is 0. The predicted octanol–water partition coefficient (Wildman–Crippen LogP) is 2.42. The summed E-state index contributed by atoms with van der Waals surface area (Å²) in [5, 5.41) is 0. The highest BCUT2D eigenvalue weighted by molar-refractivity contribution is 5.48. The number of nitrogen functional groups attached to an aromatic ring is 1. The average Bonchev–Trinajstić information content (AvgIpc) is 2.17. The molecule has 2 heteroatoms. The maximum absolute atomic E-state index is 5.95. The van der Waals surface area contributed by atoms with E-state index in [1.807, 2.05) is 6.07 Å². The number of nitrogens with two attached hydrogens (primary N) is 1. The highest BCUT2D eigenvalue weighted by atomic mass is 15.1. The number of anilines is 1. The van der Waals surface area contributed by atoms with Crippen molar-refractivity contribution in [3.63, 3.8) is 0 Å². The summed E-state index contributed by atoms with van der Waals surface area (Å²) < 4.78 is 0. The molecule has 0 saturated carbocycles. The fourth-order valence-electron chi connectivity index (χ4n) is 1.55. The van der Waals surface area contributed by atoms with Gasteiger partial charge in [-0.2, -0.15) is 0 Å². The third-order valence-corrected chi connectivity index (χ3v) is 2.59. The van der Waals surface area contributed by atoms with Gasteiger partial charge in [-0.1, -0.05) is 26.0 Å². The maximum Gasteiger partial charge on any atom is 0.0362 e. The van der Waals surface area contributed by atoms with E-state index in [0.29, 0.717) is 0 Å². The van der Waals surface area contributed by atoms with Gasteiger partial charge in [0.15, 0.2) is 0 Å². The summed E-state index contributed by atoms with van der Waals surface area (Å²) >= 11 is 0. The molecule has 2 N–H and O–H groups in total. The van der Waals surface area contributed by atoms with Crippen LogP contribution in [0, 0.1) is 6.92 Å². The van der Waals surface area contributed by atoms with Crippen molar-refractivity contribution in [2.24, 2.45) is 0 Å². The van der Waals surface area contributed by atoms with Crippen LogP contribution in [0.1, 0.15) is 25.0 Å². The molecule has 0 aliphatic carbocycles. The summed E-state index contributed by atoms with van der Waals surface area (Å²) in [6, 6.07) is 6.29. The smallest absolute Gasteiger partial charge is 0.0362 e. The minimum absolute atomic E-state index is 0.914. The number of nitrogens with zero attached hydrogens (tertiary/aromatic N) is 1. The summed E-state index contributed by atoms with van der Waals surface area (Å²) in [5.74, 6) is 0. The van der Waals surface area contributed by atoms with E-state index < -0.39 is 0 Å². The van der Waals surface area contributed by atoms with E-state index >= 15 is 0 Å². The summed E-state index contributed by atoms with van der Waals surface area (Å²) in [5.41, 5.74) is 9.33. The molecule has 2 nitrogen and oxygen atoms in total. The summed E-state index contributed by atoms with van der Waals surface area (Å²) in [4.78, 5) is 2.36. The fourth-order valence-corrected chi connectivity index (χ4v) is 1.55. The SMILES string of the molecule is CCN(CC)Cc1ccc(C)cc1N. The van der Waals surface area contributed by atoms with Gasteiger partial charge < -0.3 is 5.73 Å². The Morgan fingerprint density at radius 1 is 1.21 bits per heavy atom. The molecule has 0 saturated heterocycles. The molecular weight excluding hydrogens is 172 g/mol. The molecule has 0 bridgehead atoms. The molecule has 14 heavy (non-hydrogen) atoms. The molecule has 0 unspecified atom stereocenters. The van der Waals surface area contributed by atoms with Crippen LogP contribution in [-0.2, 0) is 6.54 Å². The van der Waals surface area contributed by atoms with Gasteiger partial charge in [0.05, 0.1) is 0 Å². The van der Waals surface area contributed by atoms with Crippen molar-refractivity contribution >= 4 is 5.69 Å². The molecule has 1 aromatic carbocycles. The molecule has 0 amide bonds. The third-order valence-electron chi connectivity index (χ3n) is 2.59. The summed E-state index contributed by atoms with van der Waals surface area (Å²) in [6.45, 7) is 9.52. The first kappa shape index (κ1) is 11.1.